The van der Waals surface area contributed by atoms with Crippen molar-refractivity contribution in [3.8, 4) is 0 Å². The van der Waals surface area contributed by atoms with E-state index in [1.807, 2.05) is 0 Å². The van der Waals surface area contributed by atoms with Gasteiger partial charge < -0.3 is 9.47 Å². The normalized spacial score (nSPS) is 10.2. The standard InChI is InChI=1S/C24H38O4.C4H4N2/c1-3-5-7-9-11-15-19-27-23(25)21-17-13-14-18-22(21)24(26)28-20-16-12-10-8-6-4-2;1-2-6-4-3-5-1/h13-14,17-18H,3-12,15-16,19-20H2,1-2H3;1-4H. The van der Waals surface area contributed by atoms with Crippen LogP contribution in [0.4, 0.5) is 0 Å². The summed E-state index contributed by atoms with van der Waals surface area (Å²) in [5.41, 5.74) is 0.586. The minimum Gasteiger partial charge on any atom is -0.462 e. The van der Waals surface area contributed by atoms with Crippen molar-refractivity contribution < 1.29 is 19.1 Å². The average molecular weight is 471 g/mol. The molecule has 34 heavy (non-hydrogen) atoms. The van der Waals surface area contributed by atoms with Gasteiger partial charge >= 0.3 is 11.9 Å². The molecule has 0 N–H and O–H groups in total. The number of nitrogens with zero attached hydrogens (tertiary/aromatic N) is 2. The Kier molecular flexibility index (Phi) is 17.9. The molecule has 0 spiro atoms. The Labute approximate surface area is 205 Å². The van der Waals surface area contributed by atoms with E-state index in [4.69, 9.17) is 9.47 Å². The monoisotopic (exact) mass is 470 g/mol. The lowest BCUT2D eigenvalue weighted by atomic mass is 10.1. The molecule has 0 aliphatic carbocycles. The molecule has 0 bridgehead atoms. The number of esters is 2. The Bertz CT molecular complexity index is 692. The number of carbonyl (C=O) groups is 2. The van der Waals surface area contributed by atoms with Crippen LogP contribution in [0.15, 0.2) is 49.1 Å². The van der Waals surface area contributed by atoms with Crippen LogP contribution in [0.2, 0.25) is 0 Å². The van der Waals surface area contributed by atoms with Crippen molar-refractivity contribution in [3.63, 3.8) is 0 Å². The SMILES string of the molecule is CCCCCCCCOC(=O)c1ccccc1C(=O)OCCCCCCCC.c1cnccn1. The third kappa shape index (κ3) is 14.4. The van der Waals surface area contributed by atoms with E-state index in [0.717, 1.165) is 25.7 Å². The molecule has 2 aromatic rings. The van der Waals surface area contributed by atoms with E-state index in [0.29, 0.717) is 24.3 Å². The fourth-order valence-electron chi connectivity index (χ4n) is 3.34. The summed E-state index contributed by atoms with van der Waals surface area (Å²) < 4.78 is 10.7. The molecule has 0 amide bonds. The number of rotatable bonds is 16. The average Bonchev–Trinajstić information content (AvgIpc) is 2.88. The largest absolute Gasteiger partial charge is 0.462 e. The molecule has 6 nitrogen and oxygen atoms in total. The molecule has 0 saturated heterocycles. The highest BCUT2D eigenvalue weighted by atomic mass is 16.5. The van der Waals surface area contributed by atoms with Gasteiger partial charge in [-0.25, -0.2) is 9.59 Å². The molecular weight excluding hydrogens is 428 g/mol. The molecule has 188 valence electrons. The molecule has 2 rings (SSSR count). The second-order valence-electron chi connectivity index (χ2n) is 8.25. The van der Waals surface area contributed by atoms with Gasteiger partial charge in [-0.1, -0.05) is 90.2 Å². The quantitative estimate of drug-likeness (QED) is 0.191. The topological polar surface area (TPSA) is 78.4 Å². The number of unbranched alkanes of at least 4 members (excludes halogenated alkanes) is 10. The van der Waals surface area contributed by atoms with Gasteiger partial charge in [-0.05, 0) is 25.0 Å². The Morgan fingerprint density at radius 3 is 1.29 bits per heavy atom. The summed E-state index contributed by atoms with van der Waals surface area (Å²) in [5, 5.41) is 0. The smallest absolute Gasteiger partial charge is 0.339 e. The highest BCUT2D eigenvalue weighted by molar-refractivity contribution is 6.03. The molecule has 0 aliphatic heterocycles. The Balaban J connectivity index is 0.000000830. The lowest BCUT2D eigenvalue weighted by molar-refractivity contribution is 0.0450. The number of benzene rings is 1. The van der Waals surface area contributed by atoms with Crippen molar-refractivity contribution in [2.45, 2.75) is 90.9 Å². The zero-order valence-corrected chi connectivity index (χ0v) is 21.0. The molecule has 6 heteroatoms. The molecule has 0 fully saturated rings. The summed E-state index contributed by atoms with van der Waals surface area (Å²) in [6, 6.07) is 6.74. The first kappa shape index (κ1) is 29.3. The Morgan fingerprint density at radius 1 is 0.588 bits per heavy atom. The highest BCUT2D eigenvalue weighted by Crippen LogP contribution is 2.14. The molecule has 0 unspecified atom stereocenters. The minimum absolute atomic E-state index is 0.293. The summed E-state index contributed by atoms with van der Waals surface area (Å²) in [4.78, 5) is 32.1. The molecular formula is C28H42N2O4. The van der Waals surface area contributed by atoms with Crippen LogP contribution in [0.25, 0.3) is 0 Å². The van der Waals surface area contributed by atoms with E-state index in [2.05, 4.69) is 23.8 Å². The first-order chi connectivity index (χ1) is 16.7. The summed E-state index contributed by atoms with van der Waals surface area (Å²) in [7, 11) is 0. The molecule has 1 aromatic heterocycles. The first-order valence-corrected chi connectivity index (χ1v) is 12.8. The predicted molar refractivity (Wildman–Crippen MR) is 136 cm³/mol. The first-order valence-electron chi connectivity index (χ1n) is 12.8. The summed E-state index contributed by atoms with van der Waals surface area (Å²) >= 11 is 0. The van der Waals surface area contributed by atoms with Crippen LogP contribution in [0.5, 0.6) is 0 Å². The maximum atomic E-state index is 12.4. The third-order valence-electron chi connectivity index (χ3n) is 5.31. The van der Waals surface area contributed by atoms with Crippen LogP contribution >= 0.6 is 0 Å². The van der Waals surface area contributed by atoms with Gasteiger partial charge in [-0.15, -0.1) is 0 Å². The van der Waals surface area contributed by atoms with Crippen molar-refractivity contribution in [2.75, 3.05) is 13.2 Å². The predicted octanol–water partition coefficient (Wildman–Crippen LogP) is 7.20. The second-order valence-corrected chi connectivity index (χ2v) is 8.25. The van der Waals surface area contributed by atoms with Gasteiger partial charge in [0.25, 0.3) is 0 Å². The summed E-state index contributed by atoms with van der Waals surface area (Å²) in [6.45, 7) is 5.17. The molecule has 0 atom stereocenters. The summed E-state index contributed by atoms with van der Waals surface area (Å²) in [5.74, 6) is -0.888. The van der Waals surface area contributed by atoms with Crippen molar-refractivity contribution in [1.82, 2.24) is 9.97 Å². The van der Waals surface area contributed by atoms with Gasteiger partial charge in [-0.2, -0.15) is 0 Å². The van der Waals surface area contributed by atoms with Gasteiger partial charge in [0.05, 0.1) is 24.3 Å². The zero-order chi connectivity index (χ0) is 24.7. The number of carbonyl (C=O) groups excluding carboxylic acids is 2. The lowest BCUT2D eigenvalue weighted by Gasteiger charge is -2.10. The van der Waals surface area contributed by atoms with E-state index < -0.39 is 11.9 Å². The van der Waals surface area contributed by atoms with Crippen LogP contribution in [0, 0.1) is 0 Å². The molecule has 0 radical (unpaired) electrons. The van der Waals surface area contributed by atoms with Crippen molar-refractivity contribution in [1.29, 1.82) is 0 Å². The van der Waals surface area contributed by atoms with Gasteiger partial charge in [0.15, 0.2) is 0 Å². The van der Waals surface area contributed by atoms with Crippen molar-refractivity contribution in [3.05, 3.63) is 60.2 Å². The lowest BCUT2D eigenvalue weighted by Crippen LogP contribution is -2.15. The highest BCUT2D eigenvalue weighted by Gasteiger charge is 2.18. The van der Waals surface area contributed by atoms with Crippen LogP contribution < -0.4 is 0 Å². The van der Waals surface area contributed by atoms with E-state index in [1.165, 1.54) is 51.4 Å². The molecule has 0 aliphatic rings. The van der Waals surface area contributed by atoms with Crippen LogP contribution in [-0.2, 0) is 9.47 Å². The van der Waals surface area contributed by atoms with Gasteiger partial charge in [0.1, 0.15) is 0 Å². The fraction of sp³-hybridized carbons (Fsp3) is 0.571. The molecule has 1 heterocycles. The number of hydrogen-bond acceptors (Lipinski definition) is 6. The van der Waals surface area contributed by atoms with Crippen molar-refractivity contribution >= 4 is 11.9 Å². The van der Waals surface area contributed by atoms with E-state index in [9.17, 15) is 9.59 Å². The minimum atomic E-state index is -0.444. The number of aromatic nitrogens is 2. The van der Waals surface area contributed by atoms with E-state index in [1.54, 1.807) is 49.1 Å². The summed E-state index contributed by atoms with van der Waals surface area (Å²) in [6.07, 6.45) is 20.2. The van der Waals surface area contributed by atoms with Crippen LogP contribution in [0.1, 0.15) is 112 Å². The number of ether oxygens (including phenoxy) is 2. The van der Waals surface area contributed by atoms with Gasteiger partial charge in [-0.3, -0.25) is 9.97 Å². The van der Waals surface area contributed by atoms with Gasteiger partial charge in [0, 0.05) is 24.8 Å². The van der Waals surface area contributed by atoms with Crippen molar-refractivity contribution in [2.24, 2.45) is 0 Å². The van der Waals surface area contributed by atoms with Crippen LogP contribution in [-0.4, -0.2) is 35.1 Å². The van der Waals surface area contributed by atoms with E-state index in [-0.39, 0.29) is 0 Å². The van der Waals surface area contributed by atoms with Gasteiger partial charge in [0.2, 0.25) is 0 Å². The Morgan fingerprint density at radius 2 is 0.941 bits per heavy atom. The molecule has 1 aromatic carbocycles. The zero-order valence-electron chi connectivity index (χ0n) is 21.0. The third-order valence-corrected chi connectivity index (χ3v) is 5.31. The fourth-order valence-corrected chi connectivity index (χ4v) is 3.34. The van der Waals surface area contributed by atoms with Crippen LogP contribution in [0.3, 0.4) is 0 Å². The molecule has 0 saturated carbocycles. The Hall–Kier alpha value is -2.76. The maximum Gasteiger partial charge on any atom is 0.339 e. The maximum absolute atomic E-state index is 12.4. The number of hydrogen-bond donors (Lipinski definition) is 0. The van der Waals surface area contributed by atoms with E-state index >= 15 is 0 Å². The second kappa shape index (κ2) is 20.8.